The summed E-state index contributed by atoms with van der Waals surface area (Å²) in [5, 5.41) is 0. The molecule has 0 amide bonds. The summed E-state index contributed by atoms with van der Waals surface area (Å²) in [4.78, 5) is 0. The Labute approximate surface area is 76.4 Å². The molecule has 0 bridgehead atoms. The fourth-order valence-electron chi connectivity index (χ4n) is 1.98. The van der Waals surface area contributed by atoms with Gasteiger partial charge in [0.1, 0.15) is 0 Å². The molecule has 1 unspecified atom stereocenters. The Morgan fingerprint density at radius 2 is 2.08 bits per heavy atom. The highest BCUT2D eigenvalue weighted by Crippen LogP contribution is 2.27. The lowest BCUT2D eigenvalue weighted by Crippen LogP contribution is -2.07. The number of hydrogen-bond donors (Lipinski definition) is 0. The first-order chi connectivity index (χ1) is 5.49. The van der Waals surface area contributed by atoms with Crippen molar-refractivity contribution in [2.24, 2.45) is 11.3 Å². The van der Waals surface area contributed by atoms with E-state index in [2.05, 4.69) is 45.9 Å². The van der Waals surface area contributed by atoms with Crippen LogP contribution in [0.25, 0.3) is 0 Å². The second-order valence-electron chi connectivity index (χ2n) is 4.76. The average molecular weight is 164 g/mol. The van der Waals surface area contributed by atoms with Crippen molar-refractivity contribution in [2.75, 3.05) is 0 Å². The number of rotatable bonds is 0. The van der Waals surface area contributed by atoms with Gasteiger partial charge in [0.2, 0.25) is 0 Å². The first-order valence-corrected chi connectivity index (χ1v) is 4.86. The van der Waals surface area contributed by atoms with E-state index in [-0.39, 0.29) is 5.41 Å². The predicted octanol–water partition coefficient (Wildman–Crippen LogP) is 3.95. The summed E-state index contributed by atoms with van der Waals surface area (Å²) in [6.45, 7) is 9.10. The molecule has 0 radical (unpaired) electrons. The van der Waals surface area contributed by atoms with E-state index >= 15 is 0 Å². The van der Waals surface area contributed by atoms with E-state index in [0.717, 1.165) is 5.92 Å². The van der Waals surface area contributed by atoms with Crippen molar-refractivity contribution in [3.05, 3.63) is 23.8 Å². The second-order valence-corrected chi connectivity index (χ2v) is 4.76. The Hall–Kier alpha value is -0.520. The summed E-state index contributed by atoms with van der Waals surface area (Å²) in [7, 11) is 0. The molecule has 0 spiro atoms. The molecule has 0 fully saturated rings. The van der Waals surface area contributed by atoms with Gasteiger partial charge in [-0.2, -0.15) is 0 Å². The molecule has 68 valence electrons. The molecule has 1 aliphatic rings. The Morgan fingerprint density at radius 1 is 1.42 bits per heavy atom. The third-order valence-electron chi connectivity index (χ3n) is 2.37. The van der Waals surface area contributed by atoms with Crippen molar-refractivity contribution in [3.63, 3.8) is 0 Å². The van der Waals surface area contributed by atoms with Gasteiger partial charge >= 0.3 is 0 Å². The number of hydrogen-bond acceptors (Lipinski definition) is 0. The fourth-order valence-corrected chi connectivity index (χ4v) is 1.98. The molecule has 0 aromatic heterocycles. The average Bonchev–Trinajstić information content (AvgIpc) is 1.81. The van der Waals surface area contributed by atoms with Crippen molar-refractivity contribution in [1.82, 2.24) is 0 Å². The molecule has 0 saturated carbocycles. The third kappa shape index (κ3) is 2.84. The first kappa shape index (κ1) is 9.57. The molecule has 1 aliphatic carbocycles. The summed E-state index contributed by atoms with van der Waals surface area (Å²) < 4.78 is 0. The molecule has 1 atom stereocenters. The zero-order chi connectivity index (χ0) is 9.19. The second kappa shape index (κ2) is 3.47. The summed E-state index contributed by atoms with van der Waals surface area (Å²) in [5.74, 6) is 0.814. The van der Waals surface area contributed by atoms with E-state index in [4.69, 9.17) is 0 Å². The Balaban J connectivity index is 2.80. The highest BCUT2D eigenvalue weighted by atomic mass is 14.2. The molecule has 1 rings (SSSR count). The van der Waals surface area contributed by atoms with Gasteiger partial charge in [-0.15, -0.1) is 0 Å². The standard InChI is InChI=1S/C12H20/c1-10-6-5-7-12(3,4)9-11(2)8-10/h5,7,9-10H,6,8H2,1-4H3. The van der Waals surface area contributed by atoms with E-state index in [9.17, 15) is 0 Å². The van der Waals surface area contributed by atoms with Crippen LogP contribution < -0.4 is 0 Å². The van der Waals surface area contributed by atoms with Crippen LogP contribution in [0.1, 0.15) is 40.5 Å². The van der Waals surface area contributed by atoms with Gasteiger partial charge in [-0.1, -0.05) is 44.6 Å². The largest absolute Gasteiger partial charge is 0.0874 e. The van der Waals surface area contributed by atoms with Gasteiger partial charge in [-0.05, 0) is 25.7 Å². The van der Waals surface area contributed by atoms with Gasteiger partial charge in [-0.3, -0.25) is 0 Å². The monoisotopic (exact) mass is 164 g/mol. The van der Waals surface area contributed by atoms with Crippen LogP contribution in [0.2, 0.25) is 0 Å². The quantitative estimate of drug-likeness (QED) is 0.476. The lowest BCUT2D eigenvalue weighted by Gasteiger charge is -2.21. The lowest BCUT2D eigenvalue weighted by molar-refractivity contribution is 0.543. The third-order valence-corrected chi connectivity index (χ3v) is 2.37. The maximum atomic E-state index is 2.39. The highest BCUT2D eigenvalue weighted by Gasteiger charge is 2.13. The molecule has 0 aliphatic heterocycles. The minimum Gasteiger partial charge on any atom is -0.0874 e. The molecular formula is C12H20. The maximum absolute atomic E-state index is 2.39. The minimum atomic E-state index is 0.268. The van der Waals surface area contributed by atoms with Gasteiger partial charge in [0.15, 0.2) is 0 Å². The van der Waals surface area contributed by atoms with Crippen LogP contribution in [-0.2, 0) is 0 Å². The molecule has 0 aromatic carbocycles. The fraction of sp³-hybridized carbons (Fsp3) is 0.667. The van der Waals surface area contributed by atoms with Crippen LogP contribution in [0.4, 0.5) is 0 Å². The Bertz CT molecular complexity index is 206. The van der Waals surface area contributed by atoms with Crippen LogP contribution in [0, 0.1) is 11.3 Å². The van der Waals surface area contributed by atoms with E-state index < -0.39 is 0 Å². The lowest BCUT2D eigenvalue weighted by atomic mass is 9.84. The van der Waals surface area contributed by atoms with Crippen molar-refractivity contribution < 1.29 is 0 Å². The van der Waals surface area contributed by atoms with Crippen LogP contribution in [0.5, 0.6) is 0 Å². The summed E-state index contributed by atoms with van der Waals surface area (Å²) in [6.07, 6.45) is 9.53. The summed E-state index contributed by atoms with van der Waals surface area (Å²) >= 11 is 0. The molecule has 0 heterocycles. The predicted molar refractivity (Wildman–Crippen MR) is 55.1 cm³/mol. The van der Waals surface area contributed by atoms with Gasteiger partial charge in [-0.25, -0.2) is 0 Å². The zero-order valence-corrected chi connectivity index (χ0v) is 8.72. The molecule has 0 nitrogen and oxygen atoms in total. The van der Waals surface area contributed by atoms with Gasteiger partial charge in [0.05, 0.1) is 0 Å². The molecule has 0 heteroatoms. The van der Waals surface area contributed by atoms with Crippen LogP contribution >= 0.6 is 0 Å². The molecule has 0 N–H and O–H groups in total. The van der Waals surface area contributed by atoms with Crippen LogP contribution in [0.3, 0.4) is 0 Å². The van der Waals surface area contributed by atoms with Gasteiger partial charge in [0, 0.05) is 5.41 Å². The molecule has 0 saturated heterocycles. The van der Waals surface area contributed by atoms with Crippen molar-refractivity contribution in [2.45, 2.75) is 40.5 Å². The SMILES string of the molecule is CC1=CC(C)(C)C=CCC(C)C1. The highest BCUT2D eigenvalue weighted by molar-refractivity contribution is 5.15. The molecular weight excluding hydrogens is 144 g/mol. The van der Waals surface area contributed by atoms with Gasteiger partial charge in [0.25, 0.3) is 0 Å². The Kier molecular flexibility index (Phi) is 2.76. The van der Waals surface area contributed by atoms with E-state index in [0.29, 0.717) is 0 Å². The van der Waals surface area contributed by atoms with Crippen LogP contribution in [0.15, 0.2) is 23.8 Å². The molecule has 12 heavy (non-hydrogen) atoms. The zero-order valence-electron chi connectivity index (χ0n) is 8.72. The Morgan fingerprint density at radius 3 is 2.75 bits per heavy atom. The normalized spacial score (nSPS) is 29.0. The van der Waals surface area contributed by atoms with E-state index in [1.165, 1.54) is 18.4 Å². The topological polar surface area (TPSA) is 0 Å². The van der Waals surface area contributed by atoms with E-state index in [1.807, 2.05) is 0 Å². The van der Waals surface area contributed by atoms with Crippen molar-refractivity contribution in [1.29, 1.82) is 0 Å². The van der Waals surface area contributed by atoms with Gasteiger partial charge < -0.3 is 0 Å². The van der Waals surface area contributed by atoms with Crippen molar-refractivity contribution >= 4 is 0 Å². The maximum Gasteiger partial charge on any atom is 0.000697 e. The summed E-state index contributed by atoms with van der Waals surface area (Å²) in [5.41, 5.74) is 1.81. The van der Waals surface area contributed by atoms with E-state index in [1.54, 1.807) is 0 Å². The number of allylic oxidation sites excluding steroid dienone is 4. The summed E-state index contributed by atoms with van der Waals surface area (Å²) in [6, 6.07) is 0. The van der Waals surface area contributed by atoms with Crippen LogP contribution in [-0.4, -0.2) is 0 Å². The smallest absolute Gasteiger partial charge is 0.000697 e. The minimum absolute atomic E-state index is 0.268. The first-order valence-electron chi connectivity index (χ1n) is 4.86. The van der Waals surface area contributed by atoms with Crippen molar-refractivity contribution in [3.8, 4) is 0 Å². The molecule has 0 aromatic rings.